The van der Waals surface area contributed by atoms with Crippen molar-refractivity contribution >= 4 is 23.8 Å². The van der Waals surface area contributed by atoms with E-state index in [-0.39, 0.29) is 11.5 Å². The number of nitrogens with zero attached hydrogens (tertiary/aromatic N) is 6. The Morgan fingerprint density at radius 2 is 1.09 bits per heavy atom. The maximum atomic E-state index is 10.4. The molecule has 0 spiro atoms. The third-order valence-electron chi connectivity index (χ3n) is 5.60. The van der Waals surface area contributed by atoms with E-state index < -0.39 is 12.1 Å². The molecule has 178 valence electrons. The number of anilines is 2. The van der Waals surface area contributed by atoms with Gasteiger partial charge in [0.25, 0.3) is 0 Å². The van der Waals surface area contributed by atoms with Crippen LogP contribution in [0.15, 0.2) is 46.4 Å². The Morgan fingerprint density at radius 1 is 0.735 bits per heavy atom. The molecule has 0 aliphatic carbocycles. The summed E-state index contributed by atoms with van der Waals surface area (Å²) in [4.78, 5) is 12.6. The van der Waals surface area contributed by atoms with Crippen molar-refractivity contribution in [2.75, 3.05) is 36.0 Å². The van der Waals surface area contributed by atoms with Gasteiger partial charge in [-0.25, -0.2) is 0 Å². The third-order valence-corrected chi connectivity index (χ3v) is 5.60. The van der Waals surface area contributed by atoms with Crippen LogP contribution in [0.25, 0.3) is 0 Å². The van der Waals surface area contributed by atoms with Crippen molar-refractivity contribution in [1.29, 1.82) is 10.5 Å². The highest BCUT2D eigenvalue weighted by Gasteiger charge is 2.19. The molecule has 0 aromatic heterocycles. The molecule has 0 aliphatic heterocycles. The molecule has 8 heteroatoms. The molecule has 0 saturated heterocycles. The molecule has 0 radical (unpaired) electrons. The van der Waals surface area contributed by atoms with Crippen LogP contribution >= 0.6 is 0 Å². The van der Waals surface area contributed by atoms with Crippen LogP contribution in [0.5, 0.6) is 11.5 Å². The molecule has 2 aromatic carbocycles. The van der Waals surface area contributed by atoms with Gasteiger partial charge in [0.2, 0.25) is 0 Å². The molecular formula is C26H32N6O2. The van der Waals surface area contributed by atoms with Crippen molar-refractivity contribution in [2.45, 2.75) is 39.8 Å². The quantitative estimate of drug-likeness (QED) is 0.487. The number of nitriles is 2. The fraction of sp³-hybridized carbons (Fsp3) is 0.385. The lowest BCUT2D eigenvalue weighted by atomic mass is 10.1. The second-order valence-corrected chi connectivity index (χ2v) is 7.54. The van der Waals surface area contributed by atoms with Crippen LogP contribution in [-0.4, -0.2) is 60.9 Å². The minimum atomic E-state index is -1.07. The molecule has 0 bridgehead atoms. The molecule has 2 rings (SSSR count). The molecule has 0 aliphatic rings. The monoisotopic (exact) mass is 460 g/mol. The SMILES string of the molecule is CCN(CC)c1ccc(C=NC(C#N)C(C#N)N=Cc2ccc(N(CC)CC)cc2O)c(O)c1. The van der Waals surface area contributed by atoms with E-state index in [1.54, 1.807) is 24.3 Å². The maximum Gasteiger partial charge on any atom is 0.172 e. The van der Waals surface area contributed by atoms with Crippen LogP contribution < -0.4 is 9.80 Å². The topological polar surface area (TPSA) is 119 Å². The highest BCUT2D eigenvalue weighted by Crippen LogP contribution is 2.25. The van der Waals surface area contributed by atoms with Crippen molar-refractivity contribution in [3.05, 3.63) is 47.5 Å². The number of benzene rings is 2. The van der Waals surface area contributed by atoms with Gasteiger partial charge in [-0.05, 0) is 52.0 Å². The van der Waals surface area contributed by atoms with E-state index in [9.17, 15) is 20.7 Å². The normalized spacial score (nSPS) is 12.9. The first-order valence-electron chi connectivity index (χ1n) is 11.4. The van der Waals surface area contributed by atoms with E-state index >= 15 is 0 Å². The van der Waals surface area contributed by atoms with E-state index in [1.165, 1.54) is 12.4 Å². The number of aromatic hydroxyl groups is 2. The summed E-state index contributed by atoms with van der Waals surface area (Å²) < 4.78 is 0. The molecule has 0 amide bonds. The number of phenols is 2. The summed E-state index contributed by atoms with van der Waals surface area (Å²) in [5.74, 6) is 0.0835. The van der Waals surface area contributed by atoms with Gasteiger partial charge >= 0.3 is 0 Å². The van der Waals surface area contributed by atoms with Gasteiger partial charge < -0.3 is 20.0 Å². The predicted molar refractivity (Wildman–Crippen MR) is 137 cm³/mol. The zero-order chi connectivity index (χ0) is 25.1. The summed E-state index contributed by atoms with van der Waals surface area (Å²) in [6, 6.07) is 12.3. The Bertz CT molecular complexity index is 1000. The van der Waals surface area contributed by atoms with Gasteiger partial charge in [-0.3, -0.25) is 9.98 Å². The van der Waals surface area contributed by atoms with Crippen molar-refractivity contribution in [3.8, 4) is 23.6 Å². The van der Waals surface area contributed by atoms with Crippen molar-refractivity contribution in [1.82, 2.24) is 0 Å². The second kappa shape index (κ2) is 12.9. The number of aliphatic imine (C=N–C) groups is 2. The van der Waals surface area contributed by atoms with Crippen LogP contribution in [-0.2, 0) is 0 Å². The first kappa shape index (κ1) is 26.2. The molecule has 8 nitrogen and oxygen atoms in total. The van der Waals surface area contributed by atoms with Crippen LogP contribution in [0.4, 0.5) is 11.4 Å². The predicted octanol–water partition coefficient (Wildman–Crippen LogP) is 4.11. The lowest BCUT2D eigenvalue weighted by Gasteiger charge is -2.21. The van der Waals surface area contributed by atoms with Crippen LogP contribution in [0, 0.1) is 22.7 Å². The van der Waals surface area contributed by atoms with Gasteiger partial charge in [0, 0.05) is 73.2 Å². The number of hydrogen-bond donors (Lipinski definition) is 2. The van der Waals surface area contributed by atoms with Gasteiger partial charge in [-0.1, -0.05) is 0 Å². The Hall–Kier alpha value is -4.04. The number of hydrogen-bond acceptors (Lipinski definition) is 8. The summed E-state index contributed by atoms with van der Waals surface area (Å²) in [6.07, 6.45) is 2.76. The summed E-state index contributed by atoms with van der Waals surface area (Å²) in [7, 11) is 0. The number of rotatable bonds is 11. The zero-order valence-corrected chi connectivity index (χ0v) is 20.2. The first-order chi connectivity index (χ1) is 16.4. The van der Waals surface area contributed by atoms with Gasteiger partial charge in [0.15, 0.2) is 12.1 Å². The minimum Gasteiger partial charge on any atom is -0.507 e. The fourth-order valence-corrected chi connectivity index (χ4v) is 3.55. The van der Waals surface area contributed by atoms with Gasteiger partial charge in [-0.15, -0.1) is 0 Å². The van der Waals surface area contributed by atoms with Gasteiger partial charge in [0.1, 0.15) is 11.5 Å². The molecule has 0 fully saturated rings. The maximum absolute atomic E-state index is 10.4. The van der Waals surface area contributed by atoms with Crippen LogP contribution in [0.1, 0.15) is 38.8 Å². The third kappa shape index (κ3) is 6.49. The van der Waals surface area contributed by atoms with Gasteiger partial charge in [0.05, 0.1) is 12.1 Å². The summed E-state index contributed by atoms with van der Waals surface area (Å²) in [5, 5.41) is 39.8. The largest absolute Gasteiger partial charge is 0.507 e. The lowest BCUT2D eigenvalue weighted by Crippen LogP contribution is -2.21. The Kier molecular flexibility index (Phi) is 9.91. The van der Waals surface area contributed by atoms with Crippen LogP contribution in [0.2, 0.25) is 0 Å². The first-order valence-corrected chi connectivity index (χ1v) is 11.4. The van der Waals surface area contributed by atoms with Crippen molar-refractivity contribution < 1.29 is 10.2 Å². The Balaban J connectivity index is 2.20. The zero-order valence-electron chi connectivity index (χ0n) is 20.2. The molecule has 0 heterocycles. The second-order valence-electron chi connectivity index (χ2n) is 7.54. The molecule has 2 atom stereocenters. The average Bonchev–Trinajstić information content (AvgIpc) is 2.84. The molecule has 0 saturated carbocycles. The highest BCUT2D eigenvalue weighted by molar-refractivity contribution is 5.86. The fourth-order valence-electron chi connectivity index (χ4n) is 3.55. The minimum absolute atomic E-state index is 0.0417. The average molecular weight is 461 g/mol. The number of phenolic OH excluding ortho intramolecular Hbond substituents is 2. The summed E-state index contributed by atoms with van der Waals surface area (Å²) in [5.41, 5.74) is 2.67. The van der Waals surface area contributed by atoms with Crippen molar-refractivity contribution in [3.63, 3.8) is 0 Å². The smallest absolute Gasteiger partial charge is 0.172 e. The molecule has 34 heavy (non-hydrogen) atoms. The standard InChI is InChI=1S/C26H32N6O2/c1-5-31(6-2)21-11-9-19(25(33)13-21)17-29-23(15-27)24(16-28)30-18-20-10-12-22(14-26(20)34)32(7-3)8-4/h9-14,17-18,23-24,33-34H,5-8H2,1-4H3. The molecular weight excluding hydrogens is 428 g/mol. The highest BCUT2D eigenvalue weighted by atomic mass is 16.3. The van der Waals surface area contributed by atoms with E-state index in [2.05, 4.69) is 19.8 Å². The Labute approximate surface area is 201 Å². The summed E-state index contributed by atoms with van der Waals surface area (Å²) >= 11 is 0. The van der Waals surface area contributed by atoms with Crippen molar-refractivity contribution in [2.24, 2.45) is 9.98 Å². The van der Waals surface area contributed by atoms with E-state index in [1.807, 2.05) is 52.0 Å². The molecule has 2 aromatic rings. The summed E-state index contributed by atoms with van der Waals surface area (Å²) in [6.45, 7) is 11.4. The lowest BCUT2D eigenvalue weighted by molar-refractivity contribution is 0.473. The van der Waals surface area contributed by atoms with E-state index in [0.717, 1.165) is 37.6 Å². The van der Waals surface area contributed by atoms with Crippen LogP contribution in [0.3, 0.4) is 0 Å². The van der Waals surface area contributed by atoms with E-state index in [0.29, 0.717) is 11.1 Å². The molecule has 2 unspecified atom stereocenters. The van der Waals surface area contributed by atoms with E-state index in [4.69, 9.17) is 0 Å². The van der Waals surface area contributed by atoms with Gasteiger partial charge in [-0.2, -0.15) is 10.5 Å². The Morgan fingerprint density at radius 3 is 1.35 bits per heavy atom. The molecule has 2 N–H and O–H groups in total.